The van der Waals surface area contributed by atoms with Gasteiger partial charge in [0, 0.05) is 13.2 Å². The summed E-state index contributed by atoms with van der Waals surface area (Å²) in [5.41, 5.74) is -0.239. The number of carbonyl (C=O) groups excluding carboxylic acids is 2. The second-order valence-corrected chi connectivity index (χ2v) is 5.18. The minimum atomic E-state index is -3.12. The molecule has 1 aromatic carbocycles. The second-order valence-electron chi connectivity index (χ2n) is 5.18. The number of nitrogens with zero attached hydrogens (tertiary/aromatic N) is 1. The Balaban J connectivity index is 2.08. The fourth-order valence-electron chi connectivity index (χ4n) is 2.38. The van der Waals surface area contributed by atoms with Gasteiger partial charge in [-0.2, -0.15) is 14.0 Å². The molecule has 1 N–H and O–H groups in total. The van der Waals surface area contributed by atoms with E-state index in [9.17, 15) is 18.4 Å². The Labute approximate surface area is 137 Å². The number of nitriles is 1. The molecule has 0 saturated carbocycles. The lowest BCUT2D eigenvalue weighted by molar-refractivity contribution is -0.122. The summed E-state index contributed by atoms with van der Waals surface area (Å²) in [5.74, 6) is -3.69. The van der Waals surface area contributed by atoms with Crippen LogP contribution < -0.4 is 10.1 Å². The van der Waals surface area contributed by atoms with E-state index in [1.807, 2.05) is 0 Å². The second kappa shape index (κ2) is 8.36. The highest BCUT2D eigenvalue weighted by Gasteiger charge is 2.30. The number of hydrogen-bond acceptors (Lipinski definition) is 5. The van der Waals surface area contributed by atoms with Crippen molar-refractivity contribution in [2.75, 3.05) is 13.2 Å². The summed E-state index contributed by atoms with van der Waals surface area (Å²) < 4.78 is 34.4. The van der Waals surface area contributed by atoms with Crippen molar-refractivity contribution in [3.8, 4) is 11.8 Å². The minimum Gasteiger partial charge on any atom is -0.434 e. The number of halogens is 2. The minimum absolute atomic E-state index is 0.141. The number of benzene rings is 1. The summed E-state index contributed by atoms with van der Waals surface area (Å²) in [6, 6.07) is 6.87. The monoisotopic (exact) mass is 338 g/mol. The van der Waals surface area contributed by atoms with E-state index in [-0.39, 0.29) is 24.0 Å². The van der Waals surface area contributed by atoms with Crippen LogP contribution in [0.5, 0.6) is 5.75 Å². The molecule has 8 heteroatoms. The maximum atomic E-state index is 12.4. The highest BCUT2D eigenvalue weighted by Crippen LogP contribution is 2.23. The first kappa shape index (κ1) is 17.8. The number of Topliss-reactive ketones (excluding diaryl/α,β-unsaturated/α-hetero) is 1. The Hall–Kier alpha value is -2.53. The molecule has 0 bridgehead atoms. The number of amides is 1. The largest absolute Gasteiger partial charge is 0.434 e. The van der Waals surface area contributed by atoms with Crippen molar-refractivity contribution in [3.63, 3.8) is 0 Å². The average Bonchev–Trinajstić information content (AvgIpc) is 3.07. The fraction of sp³-hybridized carbons (Fsp3) is 0.438. The average molecular weight is 338 g/mol. The Morgan fingerprint density at radius 1 is 1.42 bits per heavy atom. The van der Waals surface area contributed by atoms with Gasteiger partial charge in [0.25, 0.3) is 0 Å². The quantitative estimate of drug-likeness (QED) is 0.606. The molecule has 24 heavy (non-hydrogen) atoms. The van der Waals surface area contributed by atoms with Gasteiger partial charge in [-0.05, 0) is 25.0 Å². The van der Waals surface area contributed by atoms with Crippen LogP contribution in [0.4, 0.5) is 8.78 Å². The van der Waals surface area contributed by atoms with Crippen LogP contribution in [0.25, 0.3) is 0 Å². The van der Waals surface area contributed by atoms with Crippen LogP contribution in [0.15, 0.2) is 24.3 Å². The first-order chi connectivity index (χ1) is 11.5. The molecule has 0 aromatic heterocycles. The van der Waals surface area contributed by atoms with Gasteiger partial charge >= 0.3 is 6.61 Å². The highest BCUT2D eigenvalue weighted by molar-refractivity contribution is 6.13. The van der Waals surface area contributed by atoms with Gasteiger partial charge in [-0.25, -0.2) is 0 Å². The molecule has 2 rings (SSSR count). The molecule has 6 nitrogen and oxygen atoms in total. The lowest BCUT2D eigenvalue weighted by atomic mass is 9.97. The van der Waals surface area contributed by atoms with Gasteiger partial charge in [-0.3, -0.25) is 9.59 Å². The molecule has 2 atom stereocenters. The molecular formula is C16H16F2N2O4. The van der Waals surface area contributed by atoms with Gasteiger partial charge in [0.1, 0.15) is 5.75 Å². The third-order valence-corrected chi connectivity index (χ3v) is 3.55. The fourth-order valence-corrected chi connectivity index (χ4v) is 2.38. The molecule has 128 valence electrons. The van der Waals surface area contributed by atoms with Crippen molar-refractivity contribution < 1.29 is 27.8 Å². The van der Waals surface area contributed by atoms with Crippen LogP contribution in [-0.2, 0) is 9.53 Å². The number of alkyl halides is 2. The molecule has 1 aliphatic rings. The van der Waals surface area contributed by atoms with Gasteiger partial charge in [0.15, 0.2) is 11.7 Å². The Morgan fingerprint density at radius 3 is 2.79 bits per heavy atom. The van der Waals surface area contributed by atoms with Gasteiger partial charge in [-0.1, -0.05) is 12.1 Å². The number of ether oxygens (including phenoxy) is 2. The Morgan fingerprint density at radius 2 is 2.17 bits per heavy atom. The number of hydrogen-bond donors (Lipinski definition) is 1. The van der Waals surface area contributed by atoms with E-state index in [2.05, 4.69) is 10.1 Å². The van der Waals surface area contributed by atoms with Crippen LogP contribution in [-0.4, -0.2) is 37.6 Å². The molecule has 0 unspecified atom stereocenters. The summed E-state index contributed by atoms with van der Waals surface area (Å²) in [6.07, 6.45) is 1.54. The van der Waals surface area contributed by atoms with Crippen molar-refractivity contribution in [1.29, 1.82) is 5.26 Å². The van der Waals surface area contributed by atoms with Crippen molar-refractivity contribution in [3.05, 3.63) is 29.8 Å². The van der Waals surface area contributed by atoms with Crippen molar-refractivity contribution in [2.24, 2.45) is 5.92 Å². The molecule has 0 aliphatic carbocycles. The van der Waals surface area contributed by atoms with E-state index < -0.39 is 24.2 Å². The van der Waals surface area contributed by atoms with Crippen molar-refractivity contribution >= 4 is 11.7 Å². The van der Waals surface area contributed by atoms with E-state index in [0.717, 1.165) is 12.8 Å². The SMILES string of the molecule is N#C[C@@H](C(=O)NC[C@@H]1CCCO1)C(=O)c1ccccc1OC(F)F. The number of para-hydroxylation sites is 1. The predicted molar refractivity (Wildman–Crippen MR) is 78.5 cm³/mol. The summed E-state index contributed by atoms with van der Waals surface area (Å²) in [6.45, 7) is -2.31. The van der Waals surface area contributed by atoms with E-state index in [1.165, 1.54) is 24.3 Å². The molecule has 1 heterocycles. The normalized spacial score (nSPS) is 18.0. The van der Waals surface area contributed by atoms with Crippen LogP contribution in [0, 0.1) is 17.2 Å². The number of rotatable bonds is 7. The lowest BCUT2D eigenvalue weighted by Gasteiger charge is -2.14. The molecule has 0 spiro atoms. The van der Waals surface area contributed by atoms with Crippen LogP contribution in [0.3, 0.4) is 0 Å². The van der Waals surface area contributed by atoms with E-state index >= 15 is 0 Å². The lowest BCUT2D eigenvalue weighted by Crippen LogP contribution is -2.38. The summed E-state index contributed by atoms with van der Waals surface area (Å²) in [4.78, 5) is 24.5. The molecule has 0 radical (unpaired) electrons. The molecule has 1 aliphatic heterocycles. The molecular weight excluding hydrogens is 322 g/mol. The Bertz CT molecular complexity index is 639. The third-order valence-electron chi connectivity index (χ3n) is 3.55. The molecule has 1 amide bonds. The van der Waals surface area contributed by atoms with Crippen LogP contribution in [0.2, 0.25) is 0 Å². The summed E-state index contributed by atoms with van der Waals surface area (Å²) >= 11 is 0. The molecule has 1 saturated heterocycles. The Kier molecular flexibility index (Phi) is 6.21. The van der Waals surface area contributed by atoms with Gasteiger partial charge in [-0.15, -0.1) is 0 Å². The van der Waals surface area contributed by atoms with E-state index in [0.29, 0.717) is 6.61 Å². The maximum absolute atomic E-state index is 12.4. The van der Waals surface area contributed by atoms with Crippen molar-refractivity contribution in [1.82, 2.24) is 5.32 Å². The zero-order valence-corrected chi connectivity index (χ0v) is 12.7. The van der Waals surface area contributed by atoms with Crippen LogP contribution >= 0.6 is 0 Å². The zero-order valence-electron chi connectivity index (χ0n) is 12.7. The van der Waals surface area contributed by atoms with Crippen LogP contribution in [0.1, 0.15) is 23.2 Å². The van der Waals surface area contributed by atoms with E-state index in [1.54, 1.807) is 6.07 Å². The number of carbonyl (C=O) groups is 2. The topological polar surface area (TPSA) is 88.4 Å². The number of nitrogens with one attached hydrogen (secondary N) is 1. The molecule has 1 fully saturated rings. The highest BCUT2D eigenvalue weighted by atomic mass is 19.3. The van der Waals surface area contributed by atoms with Crippen molar-refractivity contribution in [2.45, 2.75) is 25.6 Å². The predicted octanol–water partition coefficient (Wildman–Crippen LogP) is 1.91. The standard InChI is InChI=1S/C16H16F2N2O4/c17-16(18)24-13-6-2-1-5-11(13)14(21)12(8-19)15(22)20-9-10-4-3-7-23-10/h1-2,5-6,10,12,16H,3-4,7,9H2,(H,20,22)/t10-,12+/m0/s1. The molecule has 1 aromatic rings. The van der Waals surface area contributed by atoms with Gasteiger partial charge < -0.3 is 14.8 Å². The first-order valence-corrected chi connectivity index (χ1v) is 7.40. The maximum Gasteiger partial charge on any atom is 0.387 e. The van der Waals surface area contributed by atoms with E-state index in [4.69, 9.17) is 10.00 Å². The summed E-state index contributed by atoms with van der Waals surface area (Å²) in [7, 11) is 0. The summed E-state index contributed by atoms with van der Waals surface area (Å²) in [5, 5.41) is 11.6. The number of ketones is 1. The zero-order chi connectivity index (χ0) is 17.5. The third kappa shape index (κ3) is 4.49. The smallest absolute Gasteiger partial charge is 0.387 e. The van der Waals surface area contributed by atoms with Gasteiger partial charge in [0.2, 0.25) is 5.91 Å². The van der Waals surface area contributed by atoms with Gasteiger partial charge in [0.05, 0.1) is 17.7 Å². The first-order valence-electron chi connectivity index (χ1n) is 7.40.